The monoisotopic (exact) mass is 431 g/mol. The Morgan fingerprint density at radius 3 is 2.31 bits per heavy atom. The van der Waals surface area contributed by atoms with Gasteiger partial charge in [0.05, 0.1) is 10.5 Å². The molecule has 0 N–H and O–H groups in total. The molecule has 8 heteroatoms. The van der Waals surface area contributed by atoms with Crippen LogP contribution in [0.2, 0.25) is 5.02 Å². The average molecular weight is 432 g/mol. The SMILES string of the molecule is CCn1cc(C(=O)N2CCN(S(=O)(=O)c3ccc(Cl)cc3)CC2)c2ccccc21. The molecule has 0 spiro atoms. The van der Waals surface area contributed by atoms with Crippen LogP contribution in [0.5, 0.6) is 0 Å². The van der Waals surface area contributed by atoms with Gasteiger partial charge < -0.3 is 9.47 Å². The summed E-state index contributed by atoms with van der Waals surface area (Å²) in [4.78, 5) is 15.1. The third-order valence-electron chi connectivity index (χ3n) is 5.34. The van der Waals surface area contributed by atoms with Gasteiger partial charge >= 0.3 is 0 Å². The number of sulfonamides is 1. The first-order valence-electron chi connectivity index (χ1n) is 9.54. The van der Waals surface area contributed by atoms with E-state index >= 15 is 0 Å². The molecule has 1 aromatic heterocycles. The molecule has 0 aliphatic carbocycles. The Hall–Kier alpha value is -2.35. The molecule has 2 heterocycles. The van der Waals surface area contributed by atoms with Crippen molar-refractivity contribution in [3.63, 3.8) is 0 Å². The number of carbonyl (C=O) groups excluding carboxylic acids is 1. The summed E-state index contributed by atoms with van der Waals surface area (Å²) in [5.74, 6) is -0.0584. The van der Waals surface area contributed by atoms with Gasteiger partial charge in [-0.1, -0.05) is 29.8 Å². The number of hydrogen-bond donors (Lipinski definition) is 0. The molecule has 0 radical (unpaired) electrons. The van der Waals surface area contributed by atoms with Crippen molar-refractivity contribution in [1.82, 2.24) is 13.8 Å². The standard InChI is InChI=1S/C21H22ClN3O3S/c1-2-23-15-19(18-5-3-4-6-20(18)23)21(26)24-11-13-25(14-12-24)29(27,28)17-9-7-16(22)8-10-17/h3-10,15H,2,11-14H2,1H3. The molecule has 1 saturated heterocycles. The van der Waals surface area contributed by atoms with E-state index in [1.54, 1.807) is 17.0 Å². The molecule has 1 aliphatic rings. The normalized spacial score (nSPS) is 15.7. The van der Waals surface area contributed by atoms with Gasteiger partial charge in [-0.15, -0.1) is 0 Å². The van der Waals surface area contributed by atoms with E-state index in [-0.39, 0.29) is 23.9 Å². The number of aromatic nitrogens is 1. The number of carbonyl (C=O) groups is 1. The number of amides is 1. The van der Waals surface area contributed by atoms with Crippen LogP contribution >= 0.6 is 11.6 Å². The number of nitrogens with zero attached hydrogens (tertiary/aromatic N) is 3. The van der Waals surface area contributed by atoms with Crippen molar-refractivity contribution in [1.29, 1.82) is 0 Å². The lowest BCUT2D eigenvalue weighted by Crippen LogP contribution is -2.50. The Kier molecular flexibility index (Phi) is 5.38. The van der Waals surface area contributed by atoms with E-state index in [4.69, 9.17) is 11.6 Å². The lowest BCUT2D eigenvalue weighted by Gasteiger charge is -2.34. The van der Waals surface area contributed by atoms with Crippen LogP contribution in [-0.2, 0) is 16.6 Å². The van der Waals surface area contributed by atoms with Crippen molar-refractivity contribution >= 4 is 38.4 Å². The van der Waals surface area contributed by atoms with Gasteiger partial charge in [-0.25, -0.2) is 8.42 Å². The third kappa shape index (κ3) is 3.66. The fourth-order valence-electron chi connectivity index (χ4n) is 3.74. The molecular formula is C21H22ClN3O3S. The van der Waals surface area contributed by atoms with Gasteiger partial charge in [0.25, 0.3) is 5.91 Å². The topological polar surface area (TPSA) is 62.6 Å². The zero-order chi connectivity index (χ0) is 20.6. The van der Waals surface area contributed by atoms with E-state index in [1.165, 1.54) is 16.4 Å². The van der Waals surface area contributed by atoms with Gasteiger partial charge in [0.2, 0.25) is 10.0 Å². The Balaban J connectivity index is 1.51. The largest absolute Gasteiger partial charge is 0.347 e. The van der Waals surface area contributed by atoms with Crippen LogP contribution in [0.3, 0.4) is 0 Å². The Labute approximate surface area is 175 Å². The van der Waals surface area contributed by atoms with Crippen LogP contribution in [-0.4, -0.2) is 54.3 Å². The van der Waals surface area contributed by atoms with Crippen LogP contribution in [0.25, 0.3) is 10.9 Å². The predicted octanol–water partition coefficient (Wildman–Crippen LogP) is 3.46. The first kappa shape index (κ1) is 19.9. The van der Waals surface area contributed by atoms with Crippen molar-refractivity contribution in [2.45, 2.75) is 18.4 Å². The summed E-state index contributed by atoms with van der Waals surface area (Å²) in [5, 5.41) is 1.42. The molecule has 1 aliphatic heterocycles. The minimum absolute atomic E-state index is 0.0584. The number of hydrogen-bond acceptors (Lipinski definition) is 3. The van der Waals surface area contributed by atoms with Crippen LogP contribution in [0, 0.1) is 0 Å². The maximum Gasteiger partial charge on any atom is 0.256 e. The number of aryl methyl sites for hydroxylation is 1. The fourth-order valence-corrected chi connectivity index (χ4v) is 5.28. The first-order valence-corrected chi connectivity index (χ1v) is 11.4. The summed E-state index contributed by atoms with van der Waals surface area (Å²) in [6.07, 6.45) is 1.89. The quantitative estimate of drug-likeness (QED) is 0.635. The molecule has 6 nitrogen and oxygen atoms in total. The number of para-hydroxylation sites is 1. The number of halogens is 1. The van der Waals surface area contributed by atoms with E-state index < -0.39 is 10.0 Å². The highest BCUT2D eigenvalue weighted by Gasteiger charge is 2.31. The minimum Gasteiger partial charge on any atom is -0.347 e. The molecule has 0 unspecified atom stereocenters. The van der Waals surface area contributed by atoms with Crippen molar-refractivity contribution in [2.75, 3.05) is 26.2 Å². The first-order chi connectivity index (χ1) is 13.9. The molecule has 152 valence electrons. The summed E-state index contributed by atoms with van der Waals surface area (Å²) < 4.78 is 29.2. The average Bonchev–Trinajstić information content (AvgIpc) is 3.12. The number of piperazine rings is 1. The molecule has 1 amide bonds. The maximum absolute atomic E-state index is 13.1. The zero-order valence-corrected chi connectivity index (χ0v) is 17.7. The van der Waals surface area contributed by atoms with Crippen molar-refractivity contribution < 1.29 is 13.2 Å². The summed E-state index contributed by atoms with van der Waals surface area (Å²) in [7, 11) is -3.59. The van der Waals surface area contributed by atoms with E-state index in [0.717, 1.165) is 17.4 Å². The van der Waals surface area contributed by atoms with Gasteiger partial charge in [0.15, 0.2) is 0 Å². The van der Waals surface area contributed by atoms with Crippen LogP contribution in [0.4, 0.5) is 0 Å². The summed E-state index contributed by atoms with van der Waals surface area (Å²) in [6.45, 7) is 4.07. The molecule has 0 bridgehead atoms. The summed E-state index contributed by atoms with van der Waals surface area (Å²) in [5.41, 5.74) is 1.69. The highest BCUT2D eigenvalue weighted by Crippen LogP contribution is 2.24. The molecular weight excluding hydrogens is 410 g/mol. The smallest absolute Gasteiger partial charge is 0.256 e. The van der Waals surface area contributed by atoms with Gasteiger partial charge in [-0.2, -0.15) is 4.31 Å². The van der Waals surface area contributed by atoms with Crippen LogP contribution in [0.15, 0.2) is 59.6 Å². The van der Waals surface area contributed by atoms with Gasteiger partial charge in [0.1, 0.15) is 0 Å². The van der Waals surface area contributed by atoms with E-state index in [0.29, 0.717) is 23.7 Å². The molecule has 0 saturated carbocycles. The van der Waals surface area contributed by atoms with Crippen molar-refractivity contribution in [3.8, 4) is 0 Å². The Morgan fingerprint density at radius 2 is 1.66 bits per heavy atom. The molecule has 4 rings (SSSR count). The Bertz CT molecular complexity index is 1150. The third-order valence-corrected chi connectivity index (χ3v) is 7.50. The Morgan fingerprint density at radius 1 is 1.00 bits per heavy atom. The molecule has 3 aromatic rings. The lowest BCUT2D eigenvalue weighted by atomic mass is 10.1. The number of benzene rings is 2. The molecule has 1 fully saturated rings. The maximum atomic E-state index is 13.1. The molecule has 29 heavy (non-hydrogen) atoms. The fraction of sp³-hybridized carbons (Fsp3) is 0.286. The lowest BCUT2D eigenvalue weighted by molar-refractivity contribution is 0.0699. The second-order valence-electron chi connectivity index (χ2n) is 7.00. The van der Waals surface area contributed by atoms with Crippen molar-refractivity contribution in [2.24, 2.45) is 0 Å². The number of fused-ring (bicyclic) bond motifs is 1. The van der Waals surface area contributed by atoms with E-state index in [1.807, 2.05) is 37.4 Å². The summed E-state index contributed by atoms with van der Waals surface area (Å²) in [6, 6.07) is 14.0. The molecule has 0 atom stereocenters. The highest BCUT2D eigenvalue weighted by molar-refractivity contribution is 7.89. The second-order valence-corrected chi connectivity index (χ2v) is 9.37. The zero-order valence-electron chi connectivity index (χ0n) is 16.1. The number of rotatable bonds is 4. The van der Waals surface area contributed by atoms with E-state index in [2.05, 4.69) is 4.57 Å². The highest BCUT2D eigenvalue weighted by atomic mass is 35.5. The summed E-state index contributed by atoms with van der Waals surface area (Å²) >= 11 is 5.86. The minimum atomic E-state index is -3.59. The molecule has 2 aromatic carbocycles. The van der Waals surface area contributed by atoms with Gasteiger partial charge in [0, 0.05) is 54.8 Å². The van der Waals surface area contributed by atoms with Gasteiger partial charge in [-0.05, 0) is 37.3 Å². The van der Waals surface area contributed by atoms with Crippen LogP contribution < -0.4 is 0 Å². The predicted molar refractivity (Wildman–Crippen MR) is 114 cm³/mol. The van der Waals surface area contributed by atoms with E-state index in [9.17, 15) is 13.2 Å². The van der Waals surface area contributed by atoms with Crippen LogP contribution in [0.1, 0.15) is 17.3 Å². The van der Waals surface area contributed by atoms with Gasteiger partial charge in [-0.3, -0.25) is 4.79 Å². The van der Waals surface area contributed by atoms with Crippen molar-refractivity contribution in [3.05, 3.63) is 65.3 Å². The second kappa shape index (κ2) is 7.82.